The number of rotatable bonds is 4. The van der Waals surface area contributed by atoms with Crippen molar-refractivity contribution in [1.82, 2.24) is 9.78 Å². The van der Waals surface area contributed by atoms with Crippen molar-refractivity contribution in [1.29, 1.82) is 0 Å². The zero-order valence-electron chi connectivity index (χ0n) is 6.90. The standard InChI is InChI=1S/C8H11BrN2O/c1-12-5-4-11-7-8(2-3-9)6-10-11/h2-3,6-7H,4-5H2,1H3/b3-2+. The summed E-state index contributed by atoms with van der Waals surface area (Å²) in [4.78, 5) is 1.81. The highest BCUT2D eigenvalue weighted by atomic mass is 79.9. The smallest absolute Gasteiger partial charge is 0.0658 e. The molecular weight excluding hydrogens is 220 g/mol. The van der Waals surface area contributed by atoms with E-state index in [-0.39, 0.29) is 0 Å². The minimum Gasteiger partial charge on any atom is -0.383 e. The van der Waals surface area contributed by atoms with Crippen LogP contribution >= 0.6 is 15.9 Å². The van der Waals surface area contributed by atoms with Gasteiger partial charge in [0.1, 0.15) is 0 Å². The quantitative estimate of drug-likeness (QED) is 0.791. The van der Waals surface area contributed by atoms with Gasteiger partial charge in [-0.3, -0.25) is 4.68 Å². The molecule has 0 aromatic carbocycles. The number of halogens is 1. The fourth-order valence-corrected chi connectivity index (χ4v) is 1.15. The zero-order chi connectivity index (χ0) is 8.81. The molecule has 0 bridgehead atoms. The van der Waals surface area contributed by atoms with Crippen LogP contribution in [0.4, 0.5) is 0 Å². The Morgan fingerprint density at radius 2 is 2.58 bits per heavy atom. The Kier molecular flexibility index (Phi) is 4.04. The topological polar surface area (TPSA) is 27.1 Å². The van der Waals surface area contributed by atoms with Gasteiger partial charge in [0, 0.05) is 18.9 Å². The molecule has 1 aromatic heterocycles. The predicted molar refractivity (Wildman–Crippen MR) is 52.1 cm³/mol. The third kappa shape index (κ3) is 2.79. The van der Waals surface area contributed by atoms with Crippen LogP contribution in [-0.2, 0) is 11.3 Å². The number of hydrogen-bond donors (Lipinski definition) is 0. The molecule has 0 spiro atoms. The van der Waals surface area contributed by atoms with E-state index in [1.54, 1.807) is 7.11 Å². The van der Waals surface area contributed by atoms with Crippen molar-refractivity contribution in [2.24, 2.45) is 0 Å². The Morgan fingerprint density at radius 1 is 1.75 bits per heavy atom. The summed E-state index contributed by atoms with van der Waals surface area (Å²) in [5.74, 6) is 0. The van der Waals surface area contributed by atoms with Crippen molar-refractivity contribution in [2.45, 2.75) is 6.54 Å². The molecule has 1 aromatic rings. The van der Waals surface area contributed by atoms with Crippen LogP contribution in [0.3, 0.4) is 0 Å². The molecule has 3 nitrogen and oxygen atoms in total. The van der Waals surface area contributed by atoms with Gasteiger partial charge >= 0.3 is 0 Å². The Balaban J connectivity index is 2.52. The lowest BCUT2D eigenvalue weighted by molar-refractivity contribution is 0.183. The summed E-state index contributed by atoms with van der Waals surface area (Å²) < 4.78 is 6.78. The van der Waals surface area contributed by atoms with Crippen LogP contribution in [0, 0.1) is 0 Å². The van der Waals surface area contributed by atoms with Crippen LogP contribution in [0.25, 0.3) is 6.08 Å². The van der Waals surface area contributed by atoms with E-state index in [1.165, 1.54) is 0 Å². The van der Waals surface area contributed by atoms with Crippen LogP contribution in [0.15, 0.2) is 17.4 Å². The van der Waals surface area contributed by atoms with Crippen molar-refractivity contribution in [3.05, 3.63) is 22.9 Å². The maximum absolute atomic E-state index is 4.93. The summed E-state index contributed by atoms with van der Waals surface area (Å²) in [5.41, 5.74) is 1.09. The van der Waals surface area contributed by atoms with Gasteiger partial charge in [-0.2, -0.15) is 5.10 Å². The van der Waals surface area contributed by atoms with Gasteiger partial charge in [0.2, 0.25) is 0 Å². The summed E-state index contributed by atoms with van der Waals surface area (Å²) in [6.07, 6.45) is 5.72. The van der Waals surface area contributed by atoms with E-state index in [4.69, 9.17) is 4.74 Å². The van der Waals surface area contributed by atoms with Gasteiger partial charge in [-0.05, 0) is 11.1 Å². The normalized spacial score (nSPS) is 11.2. The third-order valence-corrected chi connectivity index (χ3v) is 1.70. The van der Waals surface area contributed by atoms with Gasteiger partial charge in [-0.25, -0.2) is 0 Å². The average Bonchev–Trinajstić information content (AvgIpc) is 2.50. The Bertz CT molecular complexity index is 257. The number of nitrogens with zero attached hydrogens (tertiary/aromatic N) is 2. The Hall–Kier alpha value is -0.610. The molecule has 0 aliphatic rings. The first-order chi connectivity index (χ1) is 5.86. The van der Waals surface area contributed by atoms with Crippen molar-refractivity contribution in [3.63, 3.8) is 0 Å². The molecule has 0 amide bonds. The third-order valence-electron chi connectivity index (χ3n) is 1.43. The molecule has 4 heteroatoms. The van der Waals surface area contributed by atoms with Gasteiger partial charge in [0.25, 0.3) is 0 Å². The highest BCUT2D eigenvalue weighted by Crippen LogP contribution is 2.01. The van der Waals surface area contributed by atoms with E-state index in [1.807, 2.05) is 28.1 Å². The molecule has 0 radical (unpaired) electrons. The molecule has 0 N–H and O–H groups in total. The summed E-state index contributed by atoms with van der Waals surface area (Å²) in [6.45, 7) is 1.49. The average molecular weight is 231 g/mol. The summed E-state index contributed by atoms with van der Waals surface area (Å²) >= 11 is 3.21. The first kappa shape index (κ1) is 9.48. The first-order valence-corrected chi connectivity index (χ1v) is 4.56. The van der Waals surface area contributed by atoms with Crippen molar-refractivity contribution in [2.75, 3.05) is 13.7 Å². The van der Waals surface area contributed by atoms with Crippen LogP contribution in [0.2, 0.25) is 0 Å². The number of aromatic nitrogens is 2. The van der Waals surface area contributed by atoms with Gasteiger partial charge in [0.05, 0.1) is 19.3 Å². The van der Waals surface area contributed by atoms with Crippen molar-refractivity contribution < 1.29 is 4.74 Å². The second-order valence-corrected chi connectivity index (χ2v) is 2.85. The molecule has 12 heavy (non-hydrogen) atoms. The van der Waals surface area contributed by atoms with E-state index in [9.17, 15) is 0 Å². The molecule has 1 heterocycles. The first-order valence-electron chi connectivity index (χ1n) is 3.65. The second kappa shape index (κ2) is 5.11. The van der Waals surface area contributed by atoms with Gasteiger partial charge in [-0.15, -0.1) is 0 Å². The molecule has 0 atom stereocenters. The number of methoxy groups -OCH3 is 1. The minimum atomic E-state index is 0.694. The molecule has 1 rings (SSSR count). The van der Waals surface area contributed by atoms with Crippen molar-refractivity contribution in [3.8, 4) is 0 Å². The lowest BCUT2D eigenvalue weighted by Gasteiger charge is -1.97. The van der Waals surface area contributed by atoms with Gasteiger partial charge in [-0.1, -0.05) is 15.9 Å². The van der Waals surface area contributed by atoms with E-state index in [0.29, 0.717) is 6.61 Å². The van der Waals surface area contributed by atoms with Crippen molar-refractivity contribution >= 4 is 22.0 Å². The fourth-order valence-electron chi connectivity index (χ4n) is 0.845. The van der Waals surface area contributed by atoms with Crippen LogP contribution in [0.1, 0.15) is 5.56 Å². The largest absolute Gasteiger partial charge is 0.383 e. The lowest BCUT2D eigenvalue weighted by Crippen LogP contribution is -2.03. The zero-order valence-corrected chi connectivity index (χ0v) is 8.49. The van der Waals surface area contributed by atoms with Crippen LogP contribution in [0.5, 0.6) is 0 Å². The van der Waals surface area contributed by atoms with Gasteiger partial charge < -0.3 is 4.74 Å². The van der Waals surface area contributed by atoms with E-state index in [2.05, 4.69) is 21.0 Å². The summed E-state index contributed by atoms with van der Waals surface area (Å²) in [5, 5.41) is 4.14. The maximum atomic E-state index is 4.93. The van der Waals surface area contributed by atoms with Gasteiger partial charge in [0.15, 0.2) is 0 Å². The molecule has 0 aliphatic heterocycles. The fraction of sp³-hybridized carbons (Fsp3) is 0.375. The van der Waals surface area contributed by atoms with E-state index in [0.717, 1.165) is 12.1 Å². The Morgan fingerprint density at radius 3 is 3.25 bits per heavy atom. The molecule has 0 saturated heterocycles. The monoisotopic (exact) mass is 230 g/mol. The summed E-state index contributed by atoms with van der Waals surface area (Å²) in [6, 6.07) is 0. The molecule has 0 fully saturated rings. The molecule has 66 valence electrons. The molecule has 0 saturated carbocycles. The van der Waals surface area contributed by atoms with Crippen LogP contribution in [-0.4, -0.2) is 23.5 Å². The molecule has 0 unspecified atom stereocenters. The maximum Gasteiger partial charge on any atom is 0.0658 e. The van der Waals surface area contributed by atoms with E-state index < -0.39 is 0 Å². The lowest BCUT2D eigenvalue weighted by atomic mass is 10.4. The van der Waals surface area contributed by atoms with Crippen LogP contribution < -0.4 is 0 Å². The van der Waals surface area contributed by atoms with E-state index >= 15 is 0 Å². The SMILES string of the molecule is COCCn1cc(/C=C/Br)cn1. The number of ether oxygens (including phenoxy) is 1. The second-order valence-electron chi connectivity index (χ2n) is 2.32. The summed E-state index contributed by atoms with van der Waals surface area (Å²) in [7, 11) is 1.68. The number of hydrogen-bond acceptors (Lipinski definition) is 2. The predicted octanol–water partition coefficient (Wildman–Crippen LogP) is 1.90. The molecule has 0 aliphatic carbocycles. The highest BCUT2D eigenvalue weighted by molar-refractivity contribution is 9.11. The minimum absolute atomic E-state index is 0.694. The Labute approximate surface area is 80.2 Å². The highest BCUT2D eigenvalue weighted by Gasteiger charge is 1.93. The molecular formula is C8H11BrN2O.